The zero-order chi connectivity index (χ0) is 24.8. The van der Waals surface area contributed by atoms with Gasteiger partial charge in [-0.2, -0.15) is 4.98 Å². The number of likely N-dealkylation sites (tertiary alicyclic amines) is 2. The Morgan fingerprint density at radius 2 is 1.91 bits per heavy atom. The van der Waals surface area contributed by atoms with E-state index in [1.165, 1.54) is 44.7 Å². The van der Waals surface area contributed by atoms with Crippen LogP contribution in [0.1, 0.15) is 54.4 Å². The van der Waals surface area contributed by atoms with Crippen LogP contribution in [0, 0.1) is 5.82 Å². The predicted molar refractivity (Wildman–Crippen MR) is 131 cm³/mol. The van der Waals surface area contributed by atoms with Crippen molar-refractivity contribution in [3.63, 3.8) is 0 Å². The van der Waals surface area contributed by atoms with Crippen LogP contribution in [0.3, 0.4) is 0 Å². The molecule has 2 aliphatic heterocycles. The Labute approximate surface area is 204 Å². The summed E-state index contributed by atoms with van der Waals surface area (Å²) in [7, 11) is 1.41. The number of aromatic nitrogens is 2. The maximum atomic E-state index is 13.7. The molecule has 0 aliphatic carbocycles. The van der Waals surface area contributed by atoms with Gasteiger partial charge in [0.25, 0.3) is 0 Å². The Kier molecular flexibility index (Phi) is 8.25. The summed E-state index contributed by atoms with van der Waals surface area (Å²) in [5.41, 5.74) is 6.23. The summed E-state index contributed by atoms with van der Waals surface area (Å²) >= 11 is 0. The molecule has 2 saturated heterocycles. The SMILES string of the molecule is COc1ccc(F)cc1C(=O)c1cnc(NC2CCN(C(CC=O)N3CCCCC3)CC2)nc1N. The van der Waals surface area contributed by atoms with Crippen molar-refractivity contribution in [2.45, 2.75) is 50.7 Å². The highest BCUT2D eigenvalue weighted by molar-refractivity contribution is 6.13. The summed E-state index contributed by atoms with van der Waals surface area (Å²) in [6, 6.07) is 3.89. The van der Waals surface area contributed by atoms with Crippen LogP contribution in [0.2, 0.25) is 0 Å². The molecule has 0 amide bonds. The van der Waals surface area contributed by atoms with Gasteiger partial charge in [-0.1, -0.05) is 6.42 Å². The number of nitrogens with zero attached hydrogens (tertiary/aromatic N) is 4. The summed E-state index contributed by atoms with van der Waals surface area (Å²) in [5, 5.41) is 3.32. The molecule has 0 radical (unpaired) electrons. The number of hydrogen-bond donors (Lipinski definition) is 2. The van der Waals surface area contributed by atoms with E-state index in [-0.39, 0.29) is 34.9 Å². The fourth-order valence-corrected chi connectivity index (χ4v) is 5.00. The fraction of sp³-hybridized carbons (Fsp3) is 0.520. The second kappa shape index (κ2) is 11.5. The molecule has 2 aliphatic rings. The van der Waals surface area contributed by atoms with Gasteiger partial charge in [-0.05, 0) is 57.0 Å². The summed E-state index contributed by atoms with van der Waals surface area (Å²) in [6.07, 6.45) is 8.51. The maximum absolute atomic E-state index is 13.7. The van der Waals surface area contributed by atoms with Gasteiger partial charge in [0, 0.05) is 31.7 Å². The molecule has 35 heavy (non-hydrogen) atoms. The predicted octanol–water partition coefficient (Wildman–Crippen LogP) is 2.71. The Hall–Kier alpha value is -3.11. The Morgan fingerprint density at radius 3 is 2.57 bits per heavy atom. The largest absolute Gasteiger partial charge is 0.496 e. The first-order valence-corrected chi connectivity index (χ1v) is 12.2. The van der Waals surface area contributed by atoms with Gasteiger partial charge in [-0.3, -0.25) is 14.6 Å². The van der Waals surface area contributed by atoms with Crippen LogP contribution in [0.4, 0.5) is 16.2 Å². The Morgan fingerprint density at radius 1 is 1.20 bits per heavy atom. The van der Waals surface area contributed by atoms with Gasteiger partial charge >= 0.3 is 0 Å². The first kappa shape index (κ1) is 25.0. The number of aldehydes is 1. The van der Waals surface area contributed by atoms with Crippen molar-refractivity contribution >= 4 is 23.8 Å². The topological polar surface area (TPSA) is 114 Å². The molecule has 9 nitrogen and oxygen atoms in total. The van der Waals surface area contributed by atoms with Crippen LogP contribution in [0.25, 0.3) is 0 Å². The summed E-state index contributed by atoms with van der Waals surface area (Å²) in [6.45, 7) is 3.85. The lowest BCUT2D eigenvalue weighted by atomic mass is 10.0. The van der Waals surface area contributed by atoms with Crippen molar-refractivity contribution in [1.29, 1.82) is 0 Å². The van der Waals surface area contributed by atoms with Crippen molar-refractivity contribution in [3.8, 4) is 5.75 Å². The van der Waals surface area contributed by atoms with E-state index in [0.717, 1.165) is 51.4 Å². The monoisotopic (exact) mass is 484 g/mol. The number of nitrogens with one attached hydrogen (secondary N) is 1. The van der Waals surface area contributed by atoms with Crippen molar-refractivity contribution in [1.82, 2.24) is 19.8 Å². The van der Waals surface area contributed by atoms with E-state index < -0.39 is 11.6 Å². The third-order valence-electron chi connectivity index (χ3n) is 6.87. The number of rotatable bonds is 9. The number of ether oxygens (including phenoxy) is 1. The molecule has 188 valence electrons. The van der Waals surface area contributed by atoms with Crippen LogP contribution in [0.5, 0.6) is 5.75 Å². The molecule has 2 aromatic rings. The lowest BCUT2D eigenvalue weighted by molar-refractivity contribution is -0.111. The quantitative estimate of drug-likeness (QED) is 0.410. The number of methoxy groups -OCH3 is 1. The van der Waals surface area contributed by atoms with E-state index in [1.54, 1.807) is 0 Å². The number of hydrogen-bond acceptors (Lipinski definition) is 9. The second-order valence-corrected chi connectivity index (χ2v) is 9.10. The van der Waals surface area contributed by atoms with Gasteiger partial charge < -0.3 is 20.6 Å². The van der Waals surface area contributed by atoms with E-state index in [4.69, 9.17) is 10.5 Å². The Balaban J connectivity index is 1.38. The van der Waals surface area contributed by atoms with Gasteiger partial charge in [-0.25, -0.2) is 9.37 Å². The molecule has 3 heterocycles. The summed E-state index contributed by atoms with van der Waals surface area (Å²) in [5.74, 6) is -0.426. The summed E-state index contributed by atoms with van der Waals surface area (Å²) in [4.78, 5) is 37.7. The first-order chi connectivity index (χ1) is 17.0. The summed E-state index contributed by atoms with van der Waals surface area (Å²) < 4.78 is 18.9. The number of halogens is 1. The van der Waals surface area contributed by atoms with E-state index in [9.17, 15) is 14.0 Å². The highest BCUT2D eigenvalue weighted by atomic mass is 19.1. The van der Waals surface area contributed by atoms with Gasteiger partial charge in [-0.15, -0.1) is 0 Å². The number of piperidine rings is 2. The van der Waals surface area contributed by atoms with Gasteiger partial charge in [0.05, 0.1) is 24.4 Å². The van der Waals surface area contributed by atoms with Crippen molar-refractivity contribution < 1.29 is 18.7 Å². The normalized spacial score (nSPS) is 18.7. The van der Waals surface area contributed by atoms with Crippen LogP contribution in [-0.2, 0) is 4.79 Å². The molecule has 3 N–H and O–H groups in total. The standard InChI is InChI=1S/C25H33FN6O3/c1-35-21-6-5-17(26)15-19(21)23(34)20-16-28-25(30-24(20)27)29-18-7-12-32(13-8-18)22(9-14-33)31-10-3-2-4-11-31/h5-6,14-16,18,22H,2-4,7-13H2,1H3,(H3,27,28,29,30). The third kappa shape index (κ3) is 5.94. The molecule has 1 atom stereocenters. The molecule has 1 aromatic heterocycles. The number of anilines is 2. The van der Waals surface area contributed by atoms with Crippen LogP contribution in [0.15, 0.2) is 24.4 Å². The lowest BCUT2D eigenvalue weighted by Crippen LogP contribution is -2.54. The lowest BCUT2D eigenvalue weighted by Gasteiger charge is -2.43. The highest BCUT2D eigenvalue weighted by Gasteiger charge is 2.30. The molecule has 4 rings (SSSR count). The number of nitrogen functional groups attached to an aromatic ring is 1. The van der Waals surface area contributed by atoms with Gasteiger partial charge in [0.15, 0.2) is 0 Å². The molecule has 10 heteroatoms. The number of benzene rings is 1. The van der Waals surface area contributed by atoms with Crippen LogP contribution >= 0.6 is 0 Å². The number of carbonyl (C=O) groups is 2. The molecular weight excluding hydrogens is 451 g/mol. The minimum absolute atomic E-state index is 0.0207. The van der Waals surface area contributed by atoms with E-state index in [2.05, 4.69) is 25.1 Å². The zero-order valence-electron chi connectivity index (χ0n) is 20.1. The maximum Gasteiger partial charge on any atom is 0.224 e. The Bertz CT molecular complexity index is 1040. The smallest absolute Gasteiger partial charge is 0.224 e. The fourth-order valence-electron chi connectivity index (χ4n) is 5.00. The average Bonchev–Trinajstić information content (AvgIpc) is 2.88. The van der Waals surface area contributed by atoms with E-state index in [0.29, 0.717) is 12.4 Å². The van der Waals surface area contributed by atoms with Gasteiger partial charge in [0.1, 0.15) is 23.7 Å². The van der Waals surface area contributed by atoms with E-state index >= 15 is 0 Å². The second-order valence-electron chi connectivity index (χ2n) is 9.10. The number of carbonyl (C=O) groups excluding carboxylic acids is 2. The molecule has 0 spiro atoms. The molecule has 1 aromatic carbocycles. The minimum atomic E-state index is -0.547. The van der Waals surface area contributed by atoms with Crippen LogP contribution in [-0.4, -0.2) is 77.3 Å². The highest BCUT2D eigenvalue weighted by Crippen LogP contribution is 2.26. The third-order valence-corrected chi connectivity index (χ3v) is 6.87. The molecule has 0 bridgehead atoms. The van der Waals surface area contributed by atoms with Gasteiger partial charge in [0.2, 0.25) is 11.7 Å². The first-order valence-electron chi connectivity index (χ1n) is 12.2. The van der Waals surface area contributed by atoms with Crippen molar-refractivity contribution in [2.75, 3.05) is 44.3 Å². The molecule has 2 fully saturated rings. The average molecular weight is 485 g/mol. The number of ketones is 1. The van der Waals surface area contributed by atoms with Crippen LogP contribution < -0.4 is 15.8 Å². The number of nitrogens with two attached hydrogens (primary N) is 1. The molecular formula is C25H33FN6O3. The molecule has 1 unspecified atom stereocenters. The van der Waals surface area contributed by atoms with E-state index in [1.807, 2.05) is 0 Å². The minimum Gasteiger partial charge on any atom is -0.496 e. The van der Waals surface area contributed by atoms with Crippen molar-refractivity contribution in [3.05, 3.63) is 41.3 Å². The van der Waals surface area contributed by atoms with Crippen molar-refractivity contribution in [2.24, 2.45) is 0 Å². The molecule has 0 saturated carbocycles. The zero-order valence-corrected chi connectivity index (χ0v) is 20.1.